The van der Waals surface area contributed by atoms with E-state index in [4.69, 9.17) is 10.2 Å². The molecule has 66 valence electrons. The van der Waals surface area contributed by atoms with Crippen LogP contribution >= 0.6 is 15.9 Å². The Hall–Kier alpha value is -1.36. The molecule has 2 aromatic heterocycles. The second kappa shape index (κ2) is 3.18. The van der Waals surface area contributed by atoms with Crippen LogP contribution in [-0.4, -0.2) is 9.97 Å². The first-order valence-electron chi connectivity index (χ1n) is 3.58. The molecule has 0 saturated heterocycles. The smallest absolute Gasteiger partial charge is 0.168 e. The first kappa shape index (κ1) is 8.25. The number of rotatable bonds is 1. The van der Waals surface area contributed by atoms with Crippen molar-refractivity contribution in [2.24, 2.45) is 0 Å². The third kappa shape index (κ3) is 1.55. The Morgan fingerprint density at radius 3 is 2.85 bits per heavy atom. The van der Waals surface area contributed by atoms with Gasteiger partial charge in [-0.2, -0.15) is 0 Å². The van der Waals surface area contributed by atoms with Crippen molar-refractivity contribution in [2.45, 2.75) is 0 Å². The summed E-state index contributed by atoms with van der Waals surface area (Å²) in [4.78, 5) is 7.98. The summed E-state index contributed by atoms with van der Waals surface area (Å²) < 4.78 is 6.04. The molecule has 0 aromatic carbocycles. The first-order chi connectivity index (χ1) is 6.27. The fourth-order valence-corrected chi connectivity index (χ4v) is 1.37. The van der Waals surface area contributed by atoms with Gasteiger partial charge in [-0.25, -0.2) is 4.98 Å². The van der Waals surface area contributed by atoms with Gasteiger partial charge in [-0.3, -0.25) is 4.98 Å². The van der Waals surface area contributed by atoms with Crippen LogP contribution in [-0.2, 0) is 0 Å². The molecule has 0 bridgehead atoms. The Balaban J connectivity index is 2.53. The van der Waals surface area contributed by atoms with Crippen LogP contribution < -0.4 is 5.73 Å². The van der Waals surface area contributed by atoms with Gasteiger partial charge in [0, 0.05) is 0 Å². The molecule has 0 atom stereocenters. The second-order valence-corrected chi connectivity index (χ2v) is 3.28. The van der Waals surface area contributed by atoms with Gasteiger partial charge in [0.25, 0.3) is 0 Å². The number of nitrogen functional groups attached to an aromatic ring is 1. The van der Waals surface area contributed by atoms with Crippen LogP contribution in [0.1, 0.15) is 0 Å². The largest absolute Gasteiger partial charge is 0.461 e. The molecule has 13 heavy (non-hydrogen) atoms. The maximum Gasteiger partial charge on any atom is 0.168 e. The lowest BCUT2D eigenvalue weighted by Gasteiger charge is -1.96. The molecule has 0 fully saturated rings. The van der Waals surface area contributed by atoms with E-state index in [-0.39, 0.29) is 0 Å². The lowest BCUT2D eigenvalue weighted by molar-refractivity contribution is 0.578. The average molecular weight is 240 g/mol. The Labute approximate surface area is 82.9 Å². The molecular formula is C8H6BrN3O. The highest BCUT2D eigenvalue weighted by Gasteiger charge is 2.08. The van der Waals surface area contributed by atoms with Crippen LogP contribution in [0.5, 0.6) is 0 Å². The van der Waals surface area contributed by atoms with Crippen LogP contribution in [0.15, 0.2) is 33.6 Å². The molecule has 0 saturated carbocycles. The molecular weight excluding hydrogens is 234 g/mol. The van der Waals surface area contributed by atoms with E-state index in [1.54, 1.807) is 18.5 Å². The van der Waals surface area contributed by atoms with Crippen LogP contribution in [0.3, 0.4) is 0 Å². The van der Waals surface area contributed by atoms with Gasteiger partial charge in [-0.15, -0.1) is 0 Å². The number of anilines is 1. The number of furan rings is 1. The fourth-order valence-electron chi connectivity index (χ4n) is 0.967. The minimum absolute atomic E-state index is 0.376. The van der Waals surface area contributed by atoms with E-state index in [0.29, 0.717) is 17.3 Å². The number of halogens is 1. The van der Waals surface area contributed by atoms with E-state index in [9.17, 15) is 0 Å². The van der Waals surface area contributed by atoms with Crippen LogP contribution in [0.2, 0.25) is 0 Å². The Morgan fingerprint density at radius 1 is 1.38 bits per heavy atom. The number of hydrogen-bond donors (Lipinski definition) is 1. The zero-order valence-electron chi connectivity index (χ0n) is 6.57. The first-order valence-corrected chi connectivity index (χ1v) is 4.37. The van der Waals surface area contributed by atoms with Gasteiger partial charge in [0.1, 0.15) is 11.5 Å². The Morgan fingerprint density at radius 2 is 2.23 bits per heavy atom. The summed E-state index contributed by atoms with van der Waals surface area (Å²) in [5.74, 6) is 1.01. The van der Waals surface area contributed by atoms with Crippen LogP contribution in [0.25, 0.3) is 11.5 Å². The van der Waals surface area contributed by atoms with Crippen molar-refractivity contribution in [3.63, 3.8) is 0 Å². The Bertz CT molecular complexity index is 427. The quantitative estimate of drug-likeness (QED) is 0.828. The van der Waals surface area contributed by atoms with E-state index in [1.165, 1.54) is 6.20 Å². The van der Waals surface area contributed by atoms with Gasteiger partial charge in [-0.05, 0) is 22.0 Å². The monoisotopic (exact) mass is 239 g/mol. The molecule has 0 unspecified atom stereocenters. The minimum Gasteiger partial charge on any atom is -0.461 e. The molecule has 2 aromatic rings. The normalized spacial score (nSPS) is 10.2. The molecule has 4 nitrogen and oxygen atoms in total. The Kier molecular flexibility index (Phi) is 2.02. The van der Waals surface area contributed by atoms with Crippen molar-refractivity contribution in [3.8, 4) is 11.5 Å². The number of nitrogens with zero attached hydrogens (tertiary/aromatic N) is 2. The summed E-state index contributed by atoms with van der Waals surface area (Å²) in [6.07, 6.45) is 4.66. The molecule has 0 spiro atoms. The standard InChI is InChI=1S/C8H6BrN3O/c9-5-1-2-13-8(5)6-3-11-4-7(10)12-6/h1-4H,(H2,10,12). The summed E-state index contributed by atoms with van der Waals surface area (Å²) in [7, 11) is 0. The minimum atomic E-state index is 0.376. The van der Waals surface area contributed by atoms with E-state index in [2.05, 4.69) is 25.9 Å². The zero-order valence-corrected chi connectivity index (χ0v) is 8.15. The highest BCUT2D eigenvalue weighted by Crippen LogP contribution is 2.27. The van der Waals surface area contributed by atoms with Gasteiger partial charge >= 0.3 is 0 Å². The van der Waals surface area contributed by atoms with Gasteiger partial charge in [0.2, 0.25) is 0 Å². The third-order valence-electron chi connectivity index (χ3n) is 1.50. The second-order valence-electron chi connectivity index (χ2n) is 2.43. The highest BCUT2D eigenvalue weighted by atomic mass is 79.9. The topological polar surface area (TPSA) is 64.9 Å². The van der Waals surface area contributed by atoms with Crippen LogP contribution in [0.4, 0.5) is 5.82 Å². The van der Waals surface area contributed by atoms with Crippen LogP contribution in [0, 0.1) is 0 Å². The maximum absolute atomic E-state index is 5.48. The van der Waals surface area contributed by atoms with E-state index in [1.807, 2.05) is 0 Å². The fraction of sp³-hybridized carbons (Fsp3) is 0. The maximum atomic E-state index is 5.48. The van der Waals surface area contributed by atoms with Crippen molar-refractivity contribution < 1.29 is 4.42 Å². The third-order valence-corrected chi connectivity index (χ3v) is 2.13. The van der Waals surface area contributed by atoms with Gasteiger partial charge in [-0.1, -0.05) is 0 Å². The lowest BCUT2D eigenvalue weighted by Crippen LogP contribution is -1.92. The van der Waals surface area contributed by atoms with Gasteiger partial charge in [0.15, 0.2) is 5.76 Å². The summed E-state index contributed by atoms with van der Waals surface area (Å²) >= 11 is 3.33. The van der Waals surface area contributed by atoms with E-state index in [0.717, 1.165) is 4.47 Å². The van der Waals surface area contributed by atoms with Crippen molar-refractivity contribution in [1.29, 1.82) is 0 Å². The van der Waals surface area contributed by atoms with Crippen molar-refractivity contribution in [2.75, 3.05) is 5.73 Å². The number of hydrogen-bond acceptors (Lipinski definition) is 4. The molecule has 5 heteroatoms. The van der Waals surface area contributed by atoms with Crippen molar-refractivity contribution >= 4 is 21.7 Å². The number of aromatic nitrogens is 2. The van der Waals surface area contributed by atoms with Crippen molar-refractivity contribution in [3.05, 3.63) is 29.2 Å². The summed E-state index contributed by atoms with van der Waals surface area (Å²) in [6.45, 7) is 0. The van der Waals surface area contributed by atoms with Gasteiger partial charge < -0.3 is 10.2 Å². The molecule has 2 N–H and O–H groups in total. The molecule has 2 rings (SSSR count). The lowest BCUT2D eigenvalue weighted by atomic mass is 10.3. The predicted molar refractivity (Wildman–Crippen MR) is 51.8 cm³/mol. The average Bonchev–Trinajstić information content (AvgIpc) is 2.51. The predicted octanol–water partition coefficient (Wildman–Crippen LogP) is 2.08. The zero-order chi connectivity index (χ0) is 9.26. The van der Waals surface area contributed by atoms with E-state index < -0.39 is 0 Å². The molecule has 2 heterocycles. The number of nitrogens with two attached hydrogens (primary N) is 1. The summed E-state index contributed by atoms with van der Waals surface area (Å²) in [5.41, 5.74) is 6.11. The summed E-state index contributed by atoms with van der Waals surface area (Å²) in [5, 5.41) is 0. The molecule has 0 amide bonds. The van der Waals surface area contributed by atoms with Crippen molar-refractivity contribution in [1.82, 2.24) is 9.97 Å². The molecule has 0 aliphatic heterocycles. The SMILES string of the molecule is Nc1cncc(-c2occc2Br)n1. The van der Waals surface area contributed by atoms with Gasteiger partial charge in [0.05, 0.1) is 23.1 Å². The molecule has 0 aliphatic carbocycles. The van der Waals surface area contributed by atoms with E-state index >= 15 is 0 Å². The summed E-state index contributed by atoms with van der Waals surface area (Å²) in [6, 6.07) is 1.79. The molecule has 0 aliphatic rings. The highest BCUT2D eigenvalue weighted by molar-refractivity contribution is 9.10. The molecule has 0 radical (unpaired) electrons.